The van der Waals surface area contributed by atoms with E-state index in [1.165, 1.54) is 11.8 Å². The molecule has 6 atom stereocenters. The molecule has 0 aromatic heterocycles. The zero-order valence-corrected chi connectivity index (χ0v) is 18.1. The second-order valence-corrected chi connectivity index (χ2v) is 9.63. The topological polar surface area (TPSA) is 103 Å². The van der Waals surface area contributed by atoms with Crippen molar-refractivity contribution in [2.45, 2.75) is 68.0 Å². The first-order valence-electron chi connectivity index (χ1n) is 9.49. The Labute approximate surface area is 174 Å². The molecule has 2 fully saturated rings. The molecule has 158 valence electrons. The van der Waals surface area contributed by atoms with E-state index in [0.29, 0.717) is 0 Å². The van der Waals surface area contributed by atoms with E-state index in [1.807, 2.05) is 37.3 Å². The van der Waals surface area contributed by atoms with Gasteiger partial charge in [-0.1, -0.05) is 35.1 Å². The van der Waals surface area contributed by atoms with Crippen molar-refractivity contribution < 1.29 is 23.7 Å². The maximum Gasteiger partial charge on any atom is 0.311 e. The maximum absolute atomic E-state index is 12.6. The number of carbonyl (C=O) groups excluding carboxylic acids is 1. The molecule has 0 radical (unpaired) electrons. The fourth-order valence-corrected chi connectivity index (χ4v) is 4.47. The Bertz CT molecular complexity index is 780. The monoisotopic (exact) mass is 421 g/mol. The van der Waals surface area contributed by atoms with E-state index in [4.69, 9.17) is 24.5 Å². The number of nitrogens with zero attached hydrogens (tertiary/aromatic N) is 3. The number of methoxy groups -OCH3 is 1. The van der Waals surface area contributed by atoms with Gasteiger partial charge in [0.15, 0.2) is 6.10 Å². The van der Waals surface area contributed by atoms with Gasteiger partial charge in [0.1, 0.15) is 17.6 Å². The predicted octanol–water partition coefficient (Wildman–Crippen LogP) is 3.94. The number of ether oxygens (including phenoxy) is 4. The number of hydrogen-bond donors (Lipinski definition) is 0. The highest BCUT2D eigenvalue weighted by Gasteiger charge is 2.59. The average Bonchev–Trinajstić information content (AvgIpc) is 3.01. The van der Waals surface area contributed by atoms with E-state index in [-0.39, 0.29) is 12.6 Å². The molecule has 0 N–H and O–H groups in total. The van der Waals surface area contributed by atoms with Crippen LogP contribution in [0.4, 0.5) is 0 Å². The molecule has 1 aromatic carbocycles. The lowest BCUT2D eigenvalue weighted by molar-refractivity contribution is -0.190. The number of carbonyl (C=O) groups is 1. The fraction of sp³-hybridized carbons (Fsp3) is 0.650. The molecule has 0 spiro atoms. The molecule has 2 saturated heterocycles. The van der Waals surface area contributed by atoms with Crippen molar-refractivity contribution in [2.24, 2.45) is 10.5 Å². The lowest BCUT2D eigenvalue weighted by Gasteiger charge is -2.43. The Morgan fingerprint density at radius 1 is 1.31 bits per heavy atom. The molecule has 2 aliphatic heterocycles. The molecule has 0 saturated carbocycles. The van der Waals surface area contributed by atoms with Crippen molar-refractivity contribution in [3.63, 3.8) is 0 Å². The Balaban J connectivity index is 1.92. The number of rotatable bonds is 5. The highest BCUT2D eigenvalue weighted by atomic mass is 32.2. The third-order valence-electron chi connectivity index (χ3n) is 5.20. The molecular formula is C20H27N3O5S. The highest BCUT2D eigenvalue weighted by molar-refractivity contribution is 7.99. The largest absolute Gasteiger partial charge is 0.455 e. The van der Waals surface area contributed by atoms with Gasteiger partial charge in [-0.3, -0.25) is 4.79 Å². The quantitative estimate of drug-likeness (QED) is 0.309. The van der Waals surface area contributed by atoms with Crippen LogP contribution in [0, 0.1) is 5.41 Å². The number of hydrogen-bond acceptors (Lipinski definition) is 7. The zero-order valence-electron chi connectivity index (χ0n) is 17.3. The highest BCUT2D eigenvalue weighted by Crippen LogP contribution is 2.44. The summed E-state index contributed by atoms with van der Waals surface area (Å²) in [5.41, 5.74) is 7.09. The molecule has 0 amide bonds. The Morgan fingerprint density at radius 2 is 2.00 bits per heavy atom. The minimum atomic E-state index is -0.835. The van der Waals surface area contributed by atoms with Gasteiger partial charge in [0.25, 0.3) is 0 Å². The van der Waals surface area contributed by atoms with E-state index in [1.54, 1.807) is 27.9 Å². The predicted molar refractivity (Wildman–Crippen MR) is 108 cm³/mol. The molecule has 0 aliphatic carbocycles. The van der Waals surface area contributed by atoms with Crippen molar-refractivity contribution in [1.82, 2.24) is 0 Å². The summed E-state index contributed by atoms with van der Waals surface area (Å²) >= 11 is 1.45. The van der Waals surface area contributed by atoms with Crippen molar-refractivity contribution in [3.8, 4) is 0 Å². The third-order valence-corrected chi connectivity index (χ3v) is 6.36. The molecular weight excluding hydrogens is 394 g/mol. The second-order valence-electron chi connectivity index (χ2n) is 8.46. The van der Waals surface area contributed by atoms with Gasteiger partial charge in [-0.15, -0.1) is 0 Å². The van der Waals surface area contributed by atoms with Gasteiger partial charge < -0.3 is 18.9 Å². The summed E-state index contributed by atoms with van der Waals surface area (Å²) in [5, 5.41) is 3.95. The molecule has 0 unspecified atom stereocenters. The van der Waals surface area contributed by atoms with Crippen LogP contribution in [0.15, 0.2) is 40.3 Å². The number of thioether (sulfide) groups is 1. The zero-order chi connectivity index (χ0) is 21.2. The summed E-state index contributed by atoms with van der Waals surface area (Å²) in [5.74, 6) is -0.338. The standard InChI is InChI=1S/C20H27N3O5S/c1-19(2,3)18(24)28-15-13-14(16(22-23-21)20(4,25-5)11-26-13)27-17(15)29-12-9-7-6-8-10-12/h6-10,13-17H,11H2,1-5H3/t13-,14+,15-,16+,17-,20-/m1/s1. The third kappa shape index (κ3) is 4.54. The Kier molecular flexibility index (Phi) is 6.45. The number of esters is 1. The van der Waals surface area contributed by atoms with Gasteiger partial charge in [-0.2, -0.15) is 0 Å². The first-order chi connectivity index (χ1) is 13.7. The molecule has 2 heterocycles. The normalized spacial score (nSPS) is 34.2. The molecule has 29 heavy (non-hydrogen) atoms. The van der Waals surface area contributed by atoms with Crippen LogP contribution in [0.3, 0.4) is 0 Å². The molecule has 9 heteroatoms. The number of fused-ring (bicyclic) bond motifs is 1. The van der Waals surface area contributed by atoms with Gasteiger partial charge in [0, 0.05) is 16.9 Å². The van der Waals surface area contributed by atoms with Crippen LogP contribution in [0.1, 0.15) is 27.7 Å². The summed E-state index contributed by atoms with van der Waals surface area (Å²) in [7, 11) is 1.55. The fourth-order valence-electron chi connectivity index (χ4n) is 3.36. The molecule has 2 aliphatic rings. The summed E-state index contributed by atoms with van der Waals surface area (Å²) in [6.07, 6.45) is -1.79. The van der Waals surface area contributed by atoms with E-state index < -0.39 is 40.8 Å². The van der Waals surface area contributed by atoms with Gasteiger partial charge in [-0.05, 0) is 45.4 Å². The van der Waals surface area contributed by atoms with Crippen molar-refractivity contribution >= 4 is 17.7 Å². The van der Waals surface area contributed by atoms with Gasteiger partial charge in [-0.25, -0.2) is 0 Å². The van der Waals surface area contributed by atoms with Gasteiger partial charge in [0.2, 0.25) is 0 Å². The Hall–Kier alpha value is -1.77. The minimum absolute atomic E-state index is 0.198. The molecule has 1 aromatic rings. The summed E-state index contributed by atoms with van der Waals surface area (Å²) in [6.45, 7) is 7.42. The molecule has 3 rings (SSSR count). The van der Waals surface area contributed by atoms with Gasteiger partial charge in [0.05, 0.1) is 23.7 Å². The summed E-state index contributed by atoms with van der Waals surface area (Å²) < 4.78 is 23.8. The molecule has 8 nitrogen and oxygen atoms in total. The maximum atomic E-state index is 12.6. The molecule has 0 bridgehead atoms. The Morgan fingerprint density at radius 3 is 2.59 bits per heavy atom. The lowest BCUT2D eigenvalue weighted by atomic mass is 9.87. The van der Waals surface area contributed by atoms with Crippen molar-refractivity contribution in [3.05, 3.63) is 40.8 Å². The van der Waals surface area contributed by atoms with Crippen LogP contribution in [-0.2, 0) is 23.7 Å². The minimum Gasteiger partial charge on any atom is -0.455 e. The van der Waals surface area contributed by atoms with Crippen LogP contribution in [-0.4, -0.2) is 55.1 Å². The van der Waals surface area contributed by atoms with E-state index in [9.17, 15) is 4.79 Å². The summed E-state index contributed by atoms with van der Waals surface area (Å²) in [4.78, 5) is 16.6. The lowest BCUT2D eigenvalue weighted by Crippen LogP contribution is -2.60. The van der Waals surface area contributed by atoms with Crippen LogP contribution in [0.2, 0.25) is 0 Å². The smallest absolute Gasteiger partial charge is 0.311 e. The van der Waals surface area contributed by atoms with Crippen molar-refractivity contribution in [1.29, 1.82) is 0 Å². The van der Waals surface area contributed by atoms with E-state index in [2.05, 4.69) is 10.0 Å². The number of azide groups is 1. The van der Waals surface area contributed by atoms with Crippen LogP contribution in [0.25, 0.3) is 10.4 Å². The number of benzene rings is 1. The van der Waals surface area contributed by atoms with Crippen molar-refractivity contribution in [2.75, 3.05) is 13.7 Å². The van der Waals surface area contributed by atoms with Gasteiger partial charge >= 0.3 is 5.97 Å². The average molecular weight is 422 g/mol. The van der Waals surface area contributed by atoms with Crippen LogP contribution >= 0.6 is 11.8 Å². The summed E-state index contributed by atoms with van der Waals surface area (Å²) in [6, 6.07) is 9.10. The first kappa shape index (κ1) is 21.9. The first-order valence-corrected chi connectivity index (χ1v) is 10.4. The van der Waals surface area contributed by atoms with Crippen LogP contribution in [0.5, 0.6) is 0 Å². The second kappa shape index (κ2) is 8.53. The SMILES string of the molecule is CO[C@]1(C)CO[C@H]2[C@@H](OC(=O)C(C)(C)C)[C@@H](Sc3ccccc3)O[C@@H]2[C@@H]1N=[N+]=[N-]. The van der Waals surface area contributed by atoms with E-state index in [0.717, 1.165) is 4.90 Å². The van der Waals surface area contributed by atoms with Crippen LogP contribution < -0.4 is 0 Å². The van der Waals surface area contributed by atoms with E-state index >= 15 is 0 Å².